The Labute approximate surface area is 187 Å². The maximum absolute atomic E-state index is 12.0. The number of benzene rings is 2. The van der Waals surface area contributed by atoms with E-state index < -0.39 is 23.3 Å². The highest BCUT2D eigenvalue weighted by atomic mass is 32.2. The molecule has 1 aromatic heterocycles. The number of nitrogens with zero attached hydrogens (tertiary/aromatic N) is 1. The van der Waals surface area contributed by atoms with Crippen molar-refractivity contribution in [2.75, 3.05) is 6.16 Å². The van der Waals surface area contributed by atoms with Crippen molar-refractivity contribution in [3.63, 3.8) is 0 Å². The largest absolute Gasteiger partial charge is 0.747 e. The Kier molecular flexibility index (Phi) is 8.77. The van der Waals surface area contributed by atoms with Crippen molar-refractivity contribution >= 4 is 28.6 Å². The van der Waals surface area contributed by atoms with Crippen molar-refractivity contribution in [1.82, 2.24) is 0 Å². The summed E-state index contributed by atoms with van der Waals surface area (Å²) in [5.41, 5.74) is 0.589. The molecule has 0 fully saturated rings. The van der Waals surface area contributed by atoms with Gasteiger partial charge in [0.1, 0.15) is 16.7 Å². The van der Waals surface area contributed by atoms with Crippen molar-refractivity contribution in [1.29, 1.82) is 0 Å². The number of unbranched alkanes of at least 4 members (excludes halogenated alkanes) is 1. The lowest BCUT2D eigenvalue weighted by Crippen LogP contribution is -2.32. The number of aromatic nitrogens is 1. The smallest absolute Gasteiger partial charge is 0.169 e. The molecule has 0 aliphatic heterocycles. The van der Waals surface area contributed by atoms with Crippen LogP contribution in [-0.2, 0) is 16.7 Å². The molecule has 31 heavy (non-hydrogen) atoms. The minimum Gasteiger partial charge on any atom is -0.747 e. The number of rotatable bonds is 11. The number of hydrogen-bond donors (Lipinski definition) is 0. The van der Waals surface area contributed by atoms with Gasteiger partial charge in [-0.1, -0.05) is 74.0 Å². The van der Waals surface area contributed by atoms with Crippen molar-refractivity contribution in [3.05, 3.63) is 90.8 Å². The first kappa shape index (κ1) is 23.6. The molecule has 3 rings (SSSR count). The molecule has 0 aliphatic carbocycles. The van der Waals surface area contributed by atoms with Gasteiger partial charge in [0.05, 0.1) is 5.25 Å². The van der Waals surface area contributed by atoms with E-state index in [2.05, 4.69) is 31.2 Å². The molecule has 3 aromatic rings. The Morgan fingerprint density at radius 1 is 0.871 bits per heavy atom. The van der Waals surface area contributed by atoms with Crippen LogP contribution in [0.15, 0.2) is 85.2 Å². The molecule has 0 radical (unpaired) electrons. The molecule has 2 aromatic carbocycles. The third kappa shape index (κ3) is 6.96. The molecule has 0 N–H and O–H groups in total. The van der Waals surface area contributed by atoms with Gasteiger partial charge < -0.3 is 4.55 Å². The molecular formula is C25H30NO3PS. The Hall–Kier alpha value is -2.07. The lowest BCUT2D eigenvalue weighted by atomic mass is 10.1. The van der Waals surface area contributed by atoms with E-state index in [1.165, 1.54) is 10.6 Å². The quantitative estimate of drug-likeness (QED) is 0.246. The summed E-state index contributed by atoms with van der Waals surface area (Å²) in [6.07, 6.45) is 7.77. The van der Waals surface area contributed by atoms with Crippen LogP contribution < -0.4 is 15.2 Å². The van der Waals surface area contributed by atoms with Gasteiger partial charge in [-0.25, -0.2) is 13.0 Å². The monoisotopic (exact) mass is 455 g/mol. The zero-order valence-corrected chi connectivity index (χ0v) is 19.6. The molecule has 1 heterocycles. The first-order valence-corrected chi connectivity index (χ1v) is 13.8. The number of hydrogen-bond acceptors (Lipinski definition) is 3. The third-order valence-electron chi connectivity index (χ3n) is 5.39. The van der Waals surface area contributed by atoms with Crippen molar-refractivity contribution in [3.8, 4) is 0 Å². The van der Waals surface area contributed by atoms with E-state index in [9.17, 15) is 13.0 Å². The van der Waals surface area contributed by atoms with E-state index in [-0.39, 0.29) is 0 Å². The molecule has 0 amide bonds. The topological polar surface area (TPSA) is 61.1 Å². The van der Waals surface area contributed by atoms with E-state index in [4.69, 9.17) is 0 Å². The molecule has 0 saturated carbocycles. The molecule has 164 valence electrons. The van der Waals surface area contributed by atoms with Gasteiger partial charge in [-0.2, -0.15) is 0 Å². The van der Waals surface area contributed by atoms with Crippen LogP contribution in [0.5, 0.6) is 0 Å². The Bertz CT molecular complexity index is 986. The van der Waals surface area contributed by atoms with E-state index in [1.807, 2.05) is 53.4 Å². The second-order valence-corrected chi connectivity index (χ2v) is 11.6. The fourth-order valence-corrected chi connectivity index (χ4v) is 7.03. The van der Waals surface area contributed by atoms with Crippen LogP contribution >= 0.6 is 7.92 Å². The molecule has 0 saturated heterocycles. The van der Waals surface area contributed by atoms with Crippen LogP contribution in [0, 0.1) is 0 Å². The van der Waals surface area contributed by atoms with Crippen LogP contribution in [-0.4, -0.2) is 19.1 Å². The Morgan fingerprint density at radius 3 is 1.90 bits per heavy atom. The maximum atomic E-state index is 12.0. The van der Waals surface area contributed by atoms with Crippen LogP contribution in [0.3, 0.4) is 0 Å². The second kappa shape index (κ2) is 11.5. The highest BCUT2D eigenvalue weighted by molar-refractivity contribution is 7.86. The average Bonchev–Trinajstić information content (AvgIpc) is 2.79. The summed E-state index contributed by atoms with van der Waals surface area (Å²) in [7, 11) is -5.03. The lowest BCUT2D eigenvalue weighted by molar-refractivity contribution is -0.697. The molecular weight excluding hydrogens is 425 g/mol. The SMILES string of the molecule is CCCC[n+]1ccc(C(CCCP(c2ccccc2)c2ccccc2)S(=O)(=O)[O-])cc1. The van der Waals surface area contributed by atoms with Crippen molar-refractivity contribution in [2.45, 2.75) is 44.4 Å². The summed E-state index contributed by atoms with van der Waals surface area (Å²) in [5, 5.41) is 1.53. The van der Waals surface area contributed by atoms with Gasteiger partial charge in [0.15, 0.2) is 12.4 Å². The second-order valence-electron chi connectivity index (χ2n) is 7.67. The molecule has 4 nitrogen and oxygen atoms in total. The van der Waals surface area contributed by atoms with Crippen LogP contribution in [0.1, 0.15) is 43.4 Å². The highest BCUT2D eigenvalue weighted by Gasteiger charge is 2.21. The summed E-state index contributed by atoms with van der Waals surface area (Å²) in [5.74, 6) is 0. The zero-order valence-electron chi connectivity index (χ0n) is 17.9. The molecule has 1 atom stereocenters. The molecule has 6 heteroatoms. The lowest BCUT2D eigenvalue weighted by Gasteiger charge is -2.23. The first-order valence-electron chi connectivity index (χ1n) is 10.8. The molecule has 0 bridgehead atoms. The van der Waals surface area contributed by atoms with E-state index in [1.54, 1.807) is 12.1 Å². The fourth-order valence-electron chi connectivity index (χ4n) is 3.71. The highest BCUT2D eigenvalue weighted by Crippen LogP contribution is 2.36. The van der Waals surface area contributed by atoms with E-state index in [0.29, 0.717) is 18.4 Å². The van der Waals surface area contributed by atoms with Crippen LogP contribution in [0.2, 0.25) is 0 Å². The maximum Gasteiger partial charge on any atom is 0.169 e. The van der Waals surface area contributed by atoms with Crippen LogP contribution in [0.4, 0.5) is 0 Å². The summed E-state index contributed by atoms with van der Waals surface area (Å²) in [4.78, 5) is 0. The minimum atomic E-state index is -4.43. The van der Waals surface area contributed by atoms with Gasteiger partial charge in [0.25, 0.3) is 0 Å². The van der Waals surface area contributed by atoms with Crippen molar-refractivity contribution in [2.24, 2.45) is 0 Å². The van der Waals surface area contributed by atoms with Crippen molar-refractivity contribution < 1.29 is 17.5 Å². The standard InChI is InChI=1S/C25H30NO3PS/c1-2-3-18-26-19-16-22(17-20-26)25(31(27,28)29)15-10-21-30(23-11-6-4-7-12-23)24-13-8-5-9-14-24/h4-9,11-14,16-17,19-20,25H,2-3,10,15,18,21H2,1H3. The minimum absolute atomic E-state index is 0.337. The van der Waals surface area contributed by atoms with Gasteiger partial charge in [-0.05, 0) is 43.1 Å². The summed E-state index contributed by atoms with van der Waals surface area (Å²) < 4.78 is 38.2. The fraction of sp³-hybridized carbons (Fsp3) is 0.320. The number of aryl methyl sites for hydroxylation is 1. The summed E-state index contributed by atoms with van der Waals surface area (Å²) >= 11 is 0. The Balaban J connectivity index is 1.73. The van der Waals surface area contributed by atoms with Gasteiger partial charge in [-0.15, -0.1) is 0 Å². The van der Waals surface area contributed by atoms with Gasteiger partial charge >= 0.3 is 0 Å². The normalized spacial score (nSPS) is 12.7. The van der Waals surface area contributed by atoms with Gasteiger partial charge in [-0.3, -0.25) is 0 Å². The van der Waals surface area contributed by atoms with E-state index in [0.717, 1.165) is 25.5 Å². The zero-order chi connectivity index (χ0) is 22.1. The molecule has 0 spiro atoms. The van der Waals surface area contributed by atoms with Crippen LogP contribution in [0.25, 0.3) is 0 Å². The Morgan fingerprint density at radius 2 is 1.42 bits per heavy atom. The van der Waals surface area contributed by atoms with Gasteiger partial charge in [0.2, 0.25) is 0 Å². The molecule has 0 aliphatic rings. The average molecular weight is 456 g/mol. The van der Waals surface area contributed by atoms with E-state index >= 15 is 0 Å². The first-order chi connectivity index (χ1) is 15.0. The third-order valence-corrected chi connectivity index (χ3v) is 9.20. The number of pyridine rings is 1. The predicted octanol–water partition coefficient (Wildman–Crippen LogP) is 4.27. The summed E-state index contributed by atoms with van der Waals surface area (Å²) in [6, 6.07) is 24.3. The predicted molar refractivity (Wildman–Crippen MR) is 127 cm³/mol. The van der Waals surface area contributed by atoms with Gasteiger partial charge in [0, 0.05) is 18.6 Å². The summed E-state index contributed by atoms with van der Waals surface area (Å²) in [6.45, 7) is 3.03. The molecule has 1 unspecified atom stereocenters.